The molecule has 3 heteroatoms. The molecule has 0 amide bonds. The molecule has 1 aromatic carbocycles. The van der Waals surface area contributed by atoms with Crippen molar-refractivity contribution in [2.24, 2.45) is 5.73 Å². The lowest BCUT2D eigenvalue weighted by molar-refractivity contribution is 0.590. The van der Waals surface area contributed by atoms with Gasteiger partial charge in [-0.2, -0.15) is 0 Å². The average Bonchev–Trinajstić information content (AvgIpc) is 2.38. The molecular weight excluding hydrogens is 246 g/mol. The minimum Gasteiger partial charge on any atom is -0.330 e. The van der Waals surface area contributed by atoms with Crippen LogP contribution < -0.4 is 5.73 Å². The molecule has 20 heavy (non-hydrogen) atoms. The summed E-state index contributed by atoms with van der Waals surface area (Å²) in [5, 5.41) is 0. The molecule has 0 bridgehead atoms. The second-order valence-electron chi connectivity index (χ2n) is 6.18. The second-order valence-corrected chi connectivity index (χ2v) is 6.18. The Morgan fingerprint density at radius 2 is 1.90 bits per heavy atom. The van der Waals surface area contributed by atoms with E-state index in [0.717, 1.165) is 11.5 Å². The van der Waals surface area contributed by atoms with Crippen molar-refractivity contribution >= 4 is 0 Å². The van der Waals surface area contributed by atoms with Crippen LogP contribution in [0.4, 0.5) is 0 Å². The Morgan fingerprint density at radius 3 is 2.50 bits per heavy atom. The summed E-state index contributed by atoms with van der Waals surface area (Å²) in [7, 11) is 0. The van der Waals surface area contributed by atoms with E-state index in [9.17, 15) is 0 Å². The number of nitrogens with two attached hydrogens (primary N) is 1. The van der Waals surface area contributed by atoms with Crippen LogP contribution >= 0.6 is 0 Å². The largest absolute Gasteiger partial charge is 0.330 e. The van der Waals surface area contributed by atoms with E-state index in [1.54, 1.807) is 0 Å². The molecule has 0 aliphatic rings. The van der Waals surface area contributed by atoms with Gasteiger partial charge in [0.1, 0.15) is 5.82 Å². The van der Waals surface area contributed by atoms with Crippen LogP contribution in [-0.2, 0) is 11.8 Å². The van der Waals surface area contributed by atoms with Crippen molar-refractivity contribution in [1.82, 2.24) is 9.97 Å². The zero-order valence-electron chi connectivity index (χ0n) is 12.8. The van der Waals surface area contributed by atoms with Gasteiger partial charge in [-0.05, 0) is 36.1 Å². The minimum absolute atomic E-state index is 0.166. The molecule has 0 fully saturated rings. The predicted octanol–water partition coefficient (Wildman–Crippen LogP) is 3.25. The zero-order chi connectivity index (χ0) is 14.8. The SMILES string of the molecule is Cc1cc(C(C)(C)C)ccc1-c1ccnc(CCN)n1. The fraction of sp³-hybridized carbons (Fsp3) is 0.412. The highest BCUT2D eigenvalue weighted by Gasteiger charge is 2.15. The lowest BCUT2D eigenvalue weighted by Crippen LogP contribution is -2.11. The Hall–Kier alpha value is -1.74. The first kappa shape index (κ1) is 14.7. The summed E-state index contributed by atoms with van der Waals surface area (Å²) in [6.45, 7) is 9.39. The van der Waals surface area contributed by atoms with Crippen LogP contribution in [0.5, 0.6) is 0 Å². The molecule has 0 unspecified atom stereocenters. The molecule has 0 radical (unpaired) electrons. The molecule has 2 aromatic rings. The smallest absolute Gasteiger partial charge is 0.130 e. The van der Waals surface area contributed by atoms with Gasteiger partial charge in [-0.15, -0.1) is 0 Å². The highest BCUT2D eigenvalue weighted by atomic mass is 14.9. The van der Waals surface area contributed by atoms with E-state index in [2.05, 4.69) is 55.9 Å². The average molecular weight is 269 g/mol. The van der Waals surface area contributed by atoms with E-state index in [1.807, 2.05) is 12.3 Å². The third-order valence-corrected chi connectivity index (χ3v) is 3.44. The lowest BCUT2D eigenvalue weighted by Gasteiger charge is -2.20. The van der Waals surface area contributed by atoms with Crippen LogP contribution in [-0.4, -0.2) is 16.5 Å². The van der Waals surface area contributed by atoms with E-state index < -0.39 is 0 Å². The number of aromatic nitrogens is 2. The molecule has 106 valence electrons. The van der Waals surface area contributed by atoms with Crippen molar-refractivity contribution in [1.29, 1.82) is 0 Å². The molecule has 2 N–H and O–H groups in total. The summed E-state index contributed by atoms with van der Waals surface area (Å²) in [6, 6.07) is 8.55. The third kappa shape index (κ3) is 3.23. The molecule has 0 saturated heterocycles. The Labute approximate surface area is 121 Å². The number of nitrogens with zero attached hydrogens (tertiary/aromatic N) is 2. The fourth-order valence-corrected chi connectivity index (χ4v) is 2.22. The topological polar surface area (TPSA) is 51.8 Å². The molecule has 2 rings (SSSR count). The van der Waals surface area contributed by atoms with Gasteiger partial charge in [-0.25, -0.2) is 9.97 Å². The van der Waals surface area contributed by atoms with Gasteiger partial charge in [-0.1, -0.05) is 39.0 Å². The third-order valence-electron chi connectivity index (χ3n) is 3.44. The van der Waals surface area contributed by atoms with Crippen LogP contribution in [0.15, 0.2) is 30.5 Å². The number of hydrogen-bond donors (Lipinski definition) is 1. The van der Waals surface area contributed by atoms with Crippen LogP contribution in [0.25, 0.3) is 11.3 Å². The van der Waals surface area contributed by atoms with E-state index in [1.165, 1.54) is 16.7 Å². The van der Waals surface area contributed by atoms with Crippen LogP contribution in [0.1, 0.15) is 37.7 Å². The van der Waals surface area contributed by atoms with E-state index in [-0.39, 0.29) is 5.41 Å². The summed E-state index contributed by atoms with van der Waals surface area (Å²) in [6.07, 6.45) is 2.53. The molecule has 0 spiro atoms. The highest BCUT2D eigenvalue weighted by molar-refractivity contribution is 5.64. The maximum absolute atomic E-state index is 5.57. The summed E-state index contributed by atoms with van der Waals surface area (Å²) < 4.78 is 0. The number of benzene rings is 1. The minimum atomic E-state index is 0.166. The molecular formula is C17H23N3. The fourth-order valence-electron chi connectivity index (χ4n) is 2.22. The second kappa shape index (κ2) is 5.71. The van der Waals surface area contributed by atoms with Gasteiger partial charge in [0.15, 0.2) is 0 Å². The van der Waals surface area contributed by atoms with Crippen molar-refractivity contribution in [2.45, 2.75) is 39.5 Å². The van der Waals surface area contributed by atoms with Crippen molar-refractivity contribution < 1.29 is 0 Å². The van der Waals surface area contributed by atoms with Gasteiger partial charge < -0.3 is 5.73 Å². The van der Waals surface area contributed by atoms with Gasteiger partial charge in [0.05, 0.1) is 5.69 Å². The molecule has 0 atom stereocenters. The van der Waals surface area contributed by atoms with Crippen molar-refractivity contribution in [3.63, 3.8) is 0 Å². The summed E-state index contributed by atoms with van der Waals surface area (Å²) >= 11 is 0. The van der Waals surface area contributed by atoms with Crippen molar-refractivity contribution in [3.05, 3.63) is 47.4 Å². The van der Waals surface area contributed by atoms with Gasteiger partial charge in [0.25, 0.3) is 0 Å². The van der Waals surface area contributed by atoms with Crippen molar-refractivity contribution in [2.75, 3.05) is 6.54 Å². The number of rotatable bonds is 3. The summed E-state index contributed by atoms with van der Waals surface area (Å²) in [5.74, 6) is 0.810. The Bertz CT molecular complexity index is 597. The zero-order valence-corrected chi connectivity index (χ0v) is 12.8. The van der Waals surface area contributed by atoms with E-state index in [0.29, 0.717) is 13.0 Å². The van der Waals surface area contributed by atoms with E-state index in [4.69, 9.17) is 5.73 Å². The monoisotopic (exact) mass is 269 g/mol. The Kier molecular flexibility index (Phi) is 4.19. The maximum Gasteiger partial charge on any atom is 0.130 e. The molecule has 0 aliphatic carbocycles. The molecule has 0 aliphatic heterocycles. The predicted molar refractivity (Wildman–Crippen MR) is 83.7 cm³/mol. The van der Waals surface area contributed by atoms with Crippen LogP contribution in [0.3, 0.4) is 0 Å². The Morgan fingerprint density at radius 1 is 1.15 bits per heavy atom. The summed E-state index contributed by atoms with van der Waals surface area (Å²) in [4.78, 5) is 8.84. The number of hydrogen-bond acceptors (Lipinski definition) is 3. The first-order chi connectivity index (χ1) is 9.41. The van der Waals surface area contributed by atoms with Gasteiger partial charge >= 0.3 is 0 Å². The van der Waals surface area contributed by atoms with Gasteiger partial charge in [0, 0.05) is 18.2 Å². The number of aryl methyl sites for hydroxylation is 1. The molecule has 1 heterocycles. The molecule has 1 aromatic heterocycles. The normalized spacial score (nSPS) is 11.7. The highest BCUT2D eigenvalue weighted by Crippen LogP contribution is 2.28. The quantitative estimate of drug-likeness (QED) is 0.930. The standard InChI is InChI=1S/C17H23N3/c1-12-11-13(17(2,3)4)5-6-14(12)15-8-10-19-16(20-15)7-9-18/h5-6,8,10-11H,7,9,18H2,1-4H3. The van der Waals surface area contributed by atoms with Gasteiger partial charge in [-0.3, -0.25) is 0 Å². The molecule has 3 nitrogen and oxygen atoms in total. The maximum atomic E-state index is 5.57. The van der Waals surface area contributed by atoms with Crippen molar-refractivity contribution in [3.8, 4) is 11.3 Å². The van der Waals surface area contributed by atoms with Crippen LogP contribution in [0.2, 0.25) is 0 Å². The Balaban J connectivity index is 2.41. The van der Waals surface area contributed by atoms with Gasteiger partial charge in [0.2, 0.25) is 0 Å². The summed E-state index contributed by atoms with van der Waals surface area (Å²) in [5.41, 5.74) is 10.5. The van der Waals surface area contributed by atoms with E-state index >= 15 is 0 Å². The first-order valence-corrected chi connectivity index (χ1v) is 7.05. The lowest BCUT2D eigenvalue weighted by atomic mass is 9.85. The first-order valence-electron chi connectivity index (χ1n) is 7.05. The van der Waals surface area contributed by atoms with Crippen LogP contribution in [0, 0.1) is 6.92 Å². The molecule has 0 saturated carbocycles.